The topological polar surface area (TPSA) is 86.8 Å². The summed E-state index contributed by atoms with van der Waals surface area (Å²) in [5, 5.41) is 2.92. The summed E-state index contributed by atoms with van der Waals surface area (Å²) in [4.78, 5) is 27.3. The molecule has 0 aromatic heterocycles. The molecule has 0 radical (unpaired) electrons. The minimum absolute atomic E-state index is 0.0189. The van der Waals surface area contributed by atoms with Gasteiger partial charge in [0.15, 0.2) is 0 Å². The van der Waals surface area contributed by atoms with E-state index in [1.807, 2.05) is 6.92 Å². The van der Waals surface area contributed by atoms with Crippen molar-refractivity contribution < 1.29 is 22.4 Å². The first-order valence-corrected chi connectivity index (χ1v) is 13.0. The molecule has 0 fully saturated rings. The molecule has 0 aliphatic rings. The van der Waals surface area contributed by atoms with E-state index in [0.717, 1.165) is 22.0 Å². The lowest BCUT2D eigenvalue weighted by molar-refractivity contribution is -0.139. The molecule has 7 nitrogen and oxygen atoms in total. The Balaban J connectivity index is 2.03. The van der Waals surface area contributed by atoms with Gasteiger partial charge in [0.05, 0.1) is 10.6 Å². The lowest BCUT2D eigenvalue weighted by atomic mass is 10.1. The molecule has 0 aliphatic heterocycles. The van der Waals surface area contributed by atoms with Crippen LogP contribution in [-0.2, 0) is 26.2 Å². The van der Waals surface area contributed by atoms with E-state index in [0.29, 0.717) is 10.6 Å². The standard InChI is InChI=1S/C26H27ClFN3O4S/c1-18-8-14-23(15-9-18)36(34,35)31(22-12-10-21(28)11-13-22)17-25(32)30(19(2)26(33)29-3)16-20-6-4-5-7-24(20)27/h4-15,19H,16-17H2,1-3H3,(H,29,33)/t19-/m1/s1. The van der Waals surface area contributed by atoms with Crippen LogP contribution in [0.5, 0.6) is 0 Å². The van der Waals surface area contributed by atoms with Crippen molar-refractivity contribution in [1.82, 2.24) is 10.2 Å². The van der Waals surface area contributed by atoms with Gasteiger partial charge in [0.2, 0.25) is 11.8 Å². The number of hydrogen-bond donors (Lipinski definition) is 1. The van der Waals surface area contributed by atoms with Crippen LogP contribution in [0.2, 0.25) is 5.02 Å². The largest absolute Gasteiger partial charge is 0.357 e. The molecule has 3 aromatic rings. The summed E-state index contributed by atoms with van der Waals surface area (Å²) in [5.74, 6) is -1.61. The lowest BCUT2D eigenvalue weighted by Gasteiger charge is -2.32. The SMILES string of the molecule is CNC(=O)[C@@H](C)N(Cc1ccccc1Cl)C(=O)CN(c1ccc(F)cc1)S(=O)(=O)c1ccc(C)cc1. The predicted octanol–water partition coefficient (Wildman–Crippen LogP) is 4.15. The number of carbonyl (C=O) groups excluding carboxylic acids is 2. The molecule has 2 amide bonds. The van der Waals surface area contributed by atoms with Crippen molar-refractivity contribution in [1.29, 1.82) is 0 Å². The zero-order chi connectivity index (χ0) is 26.5. The second-order valence-electron chi connectivity index (χ2n) is 8.20. The van der Waals surface area contributed by atoms with Crippen LogP contribution in [-0.4, -0.2) is 44.8 Å². The van der Waals surface area contributed by atoms with Crippen LogP contribution in [0.25, 0.3) is 0 Å². The molecule has 0 saturated heterocycles. The Morgan fingerprint density at radius 2 is 1.61 bits per heavy atom. The molecular weight excluding hydrogens is 505 g/mol. The normalized spacial score (nSPS) is 12.0. The molecule has 0 saturated carbocycles. The molecule has 36 heavy (non-hydrogen) atoms. The third kappa shape index (κ3) is 6.22. The van der Waals surface area contributed by atoms with Crippen molar-refractivity contribution in [3.8, 4) is 0 Å². The minimum atomic E-state index is -4.21. The molecule has 0 bridgehead atoms. The van der Waals surface area contributed by atoms with Crippen LogP contribution in [0.1, 0.15) is 18.1 Å². The molecule has 0 spiro atoms. The second-order valence-corrected chi connectivity index (χ2v) is 10.5. The Hall–Kier alpha value is -3.43. The first-order chi connectivity index (χ1) is 17.0. The van der Waals surface area contributed by atoms with E-state index in [-0.39, 0.29) is 17.1 Å². The number of likely N-dealkylation sites (N-methyl/N-ethyl adjacent to an activating group) is 1. The van der Waals surface area contributed by atoms with E-state index in [1.54, 1.807) is 43.3 Å². The summed E-state index contributed by atoms with van der Waals surface area (Å²) >= 11 is 6.29. The fraction of sp³-hybridized carbons (Fsp3) is 0.231. The summed E-state index contributed by atoms with van der Waals surface area (Å²) in [6.07, 6.45) is 0. The molecule has 0 aliphatic carbocycles. The number of benzene rings is 3. The quantitative estimate of drug-likeness (QED) is 0.449. The average molecular weight is 532 g/mol. The van der Waals surface area contributed by atoms with Crippen LogP contribution >= 0.6 is 11.6 Å². The highest BCUT2D eigenvalue weighted by Gasteiger charge is 2.32. The third-order valence-corrected chi connectivity index (χ3v) is 7.87. The van der Waals surface area contributed by atoms with E-state index in [2.05, 4.69) is 5.32 Å². The van der Waals surface area contributed by atoms with Gasteiger partial charge in [-0.15, -0.1) is 0 Å². The van der Waals surface area contributed by atoms with Crippen molar-refractivity contribution in [2.24, 2.45) is 0 Å². The van der Waals surface area contributed by atoms with E-state index in [9.17, 15) is 22.4 Å². The van der Waals surface area contributed by atoms with Gasteiger partial charge < -0.3 is 10.2 Å². The Morgan fingerprint density at radius 3 is 2.19 bits per heavy atom. The number of nitrogens with one attached hydrogen (secondary N) is 1. The van der Waals surface area contributed by atoms with Gasteiger partial charge in [0.25, 0.3) is 10.0 Å². The van der Waals surface area contributed by atoms with Crippen LogP contribution < -0.4 is 9.62 Å². The molecule has 1 atom stereocenters. The Morgan fingerprint density at radius 1 is 1.00 bits per heavy atom. The molecule has 190 valence electrons. The maximum Gasteiger partial charge on any atom is 0.264 e. The first-order valence-electron chi connectivity index (χ1n) is 11.1. The minimum Gasteiger partial charge on any atom is -0.357 e. The van der Waals surface area contributed by atoms with Crippen LogP contribution in [0.4, 0.5) is 10.1 Å². The number of hydrogen-bond acceptors (Lipinski definition) is 4. The number of carbonyl (C=O) groups is 2. The maximum atomic E-state index is 13.6. The number of amides is 2. The Kier molecular flexibility index (Phi) is 8.70. The monoisotopic (exact) mass is 531 g/mol. The van der Waals surface area contributed by atoms with Gasteiger partial charge in [0, 0.05) is 18.6 Å². The lowest BCUT2D eigenvalue weighted by Crippen LogP contribution is -2.50. The van der Waals surface area contributed by atoms with Gasteiger partial charge in [-0.3, -0.25) is 13.9 Å². The number of sulfonamides is 1. The summed E-state index contributed by atoms with van der Waals surface area (Å²) < 4.78 is 41.8. The molecule has 10 heteroatoms. The zero-order valence-electron chi connectivity index (χ0n) is 20.1. The summed E-state index contributed by atoms with van der Waals surface area (Å²) in [5.41, 5.74) is 1.57. The van der Waals surface area contributed by atoms with Crippen LogP contribution in [0.3, 0.4) is 0 Å². The Labute approximate surface area is 215 Å². The third-order valence-electron chi connectivity index (χ3n) is 5.71. The van der Waals surface area contributed by atoms with Crippen molar-refractivity contribution in [2.45, 2.75) is 31.3 Å². The van der Waals surface area contributed by atoms with Crippen molar-refractivity contribution in [3.63, 3.8) is 0 Å². The van der Waals surface area contributed by atoms with Crippen LogP contribution in [0, 0.1) is 12.7 Å². The zero-order valence-corrected chi connectivity index (χ0v) is 21.7. The molecule has 0 heterocycles. The number of halogens is 2. The highest BCUT2D eigenvalue weighted by molar-refractivity contribution is 7.92. The van der Waals surface area contributed by atoms with E-state index >= 15 is 0 Å². The number of nitrogens with zero attached hydrogens (tertiary/aromatic N) is 2. The maximum absolute atomic E-state index is 13.6. The van der Waals surface area contributed by atoms with Gasteiger partial charge in [-0.2, -0.15) is 0 Å². The molecule has 1 N–H and O–H groups in total. The highest BCUT2D eigenvalue weighted by atomic mass is 35.5. The first kappa shape index (κ1) is 27.2. The fourth-order valence-corrected chi connectivity index (χ4v) is 5.18. The smallest absolute Gasteiger partial charge is 0.264 e. The van der Waals surface area contributed by atoms with Gasteiger partial charge in [0.1, 0.15) is 18.4 Å². The van der Waals surface area contributed by atoms with Crippen LogP contribution in [0.15, 0.2) is 77.7 Å². The number of anilines is 1. The van der Waals surface area contributed by atoms with Gasteiger partial charge in [-0.05, 0) is 61.9 Å². The van der Waals surface area contributed by atoms with E-state index in [1.165, 1.54) is 36.2 Å². The predicted molar refractivity (Wildman–Crippen MR) is 138 cm³/mol. The summed E-state index contributed by atoms with van der Waals surface area (Å²) in [7, 11) is -2.76. The van der Waals surface area contributed by atoms with E-state index in [4.69, 9.17) is 11.6 Å². The van der Waals surface area contributed by atoms with E-state index < -0.39 is 40.2 Å². The highest BCUT2D eigenvalue weighted by Crippen LogP contribution is 2.26. The van der Waals surface area contributed by atoms with Crippen molar-refractivity contribution >= 4 is 39.1 Å². The molecular formula is C26H27ClFN3O4S. The number of aryl methyl sites for hydroxylation is 1. The van der Waals surface area contributed by atoms with Gasteiger partial charge in [-0.25, -0.2) is 12.8 Å². The molecule has 3 aromatic carbocycles. The average Bonchev–Trinajstić information content (AvgIpc) is 2.86. The van der Waals surface area contributed by atoms with Gasteiger partial charge >= 0.3 is 0 Å². The molecule has 0 unspecified atom stereocenters. The number of rotatable bonds is 9. The summed E-state index contributed by atoms with van der Waals surface area (Å²) in [6, 6.07) is 16.9. The van der Waals surface area contributed by atoms with Gasteiger partial charge in [-0.1, -0.05) is 47.5 Å². The molecule has 3 rings (SSSR count). The second kappa shape index (κ2) is 11.5. The van der Waals surface area contributed by atoms with Crippen molar-refractivity contribution in [2.75, 3.05) is 17.9 Å². The summed E-state index contributed by atoms with van der Waals surface area (Å²) in [6.45, 7) is 2.73. The van der Waals surface area contributed by atoms with Crippen molar-refractivity contribution in [3.05, 3.63) is 94.8 Å². The Bertz CT molecular complexity index is 1330. The fourth-order valence-electron chi connectivity index (χ4n) is 3.58.